The summed E-state index contributed by atoms with van der Waals surface area (Å²) in [6, 6.07) is 0. The Kier molecular flexibility index (Phi) is 2.93. The Labute approximate surface area is 83.5 Å². The zero-order valence-electron chi connectivity index (χ0n) is 8.98. The van der Waals surface area contributed by atoms with Gasteiger partial charge in [0.25, 0.3) is 0 Å². The Morgan fingerprint density at radius 1 is 1.57 bits per heavy atom. The van der Waals surface area contributed by atoms with Crippen molar-refractivity contribution in [2.75, 3.05) is 0 Å². The molecule has 0 spiro atoms. The van der Waals surface area contributed by atoms with Crippen molar-refractivity contribution in [3.63, 3.8) is 0 Å². The highest BCUT2D eigenvalue weighted by atomic mass is 16.4. The lowest BCUT2D eigenvalue weighted by Crippen LogP contribution is -2.16. The Bertz CT molecular complexity index is 344. The van der Waals surface area contributed by atoms with Crippen LogP contribution in [-0.4, -0.2) is 20.9 Å². The van der Waals surface area contributed by atoms with E-state index < -0.39 is 5.97 Å². The van der Waals surface area contributed by atoms with E-state index >= 15 is 0 Å². The zero-order chi connectivity index (χ0) is 10.9. The van der Waals surface area contributed by atoms with E-state index in [1.54, 1.807) is 11.6 Å². The third-order valence-corrected chi connectivity index (χ3v) is 2.68. The van der Waals surface area contributed by atoms with E-state index in [2.05, 4.69) is 5.10 Å². The molecule has 1 heterocycles. The van der Waals surface area contributed by atoms with Gasteiger partial charge in [-0.2, -0.15) is 5.10 Å². The number of hydrogen-bond donors (Lipinski definition) is 1. The largest absolute Gasteiger partial charge is 0.481 e. The van der Waals surface area contributed by atoms with Gasteiger partial charge in [0.05, 0.1) is 11.6 Å². The lowest BCUT2D eigenvalue weighted by molar-refractivity contribution is -0.141. The molecule has 0 bridgehead atoms. The van der Waals surface area contributed by atoms with Crippen molar-refractivity contribution in [2.24, 2.45) is 13.0 Å². The summed E-state index contributed by atoms with van der Waals surface area (Å²) < 4.78 is 1.72. The van der Waals surface area contributed by atoms with Gasteiger partial charge in [0.15, 0.2) is 0 Å². The van der Waals surface area contributed by atoms with E-state index in [0.29, 0.717) is 0 Å². The molecule has 0 amide bonds. The molecule has 1 aromatic rings. The van der Waals surface area contributed by atoms with E-state index in [9.17, 15) is 4.79 Å². The Balaban J connectivity index is 2.94. The first kappa shape index (κ1) is 10.8. The predicted octanol–water partition coefficient (Wildman–Crippen LogP) is 1.55. The molecule has 0 aliphatic carbocycles. The van der Waals surface area contributed by atoms with Gasteiger partial charge in [-0.1, -0.05) is 13.8 Å². The molecule has 4 heteroatoms. The fourth-order valence-electron chi connectivity index (χ4n) is 1.55. The van der Waals surface area contributed by atoms with Gasteiger partial charge < -0.3 is 5.11 Å². The molecule has 2 atom stereocenters. The highest BCUT2D eigenvalue weighted by Crippen LogP contribution is 2.26. The van der Waals surface area contributed by atoms with Crippen molar-refractivity contribution >= 4 is 5.97 Å². The van der Waals surface area contributed by atoms with Crippen LogP contribution in [0.15, 0.2) is 6.20 Å². The van der Waals surface area contributed by atoms with Crippen LogP contribution >= 0.6 is 0 Å². The first-order valence-corrected chi connectivity index (χ1v) is 4.66. The van der Waals surface area contributed by atoms with Crippen LogP contribution in [0, 0.1) is 12.8 Å². The maximum absolute atomic E-state index is 10.8. The quantitative estimate of drug-likeness (QED) is 0.798. The normalized spacial score (nSPS) is 15.1. The number of nitrogens with zero attached hydrogens (tertiary/aromatic N) is 2. The van der Waals surface area contributed by atoms with Crippen LogP contribution in [0.5, 0.6) is 0 Å². The summed E-state index contributed by atoms with van der Waals surface area (Å²) in [5, 5.41) is 13.1. The van der Waals surface area contributed by atoms with Gasteiger partial charge in [-0.3, -0.25) is 9.48 Å². The molecule has 78 valence electrons. The summed E-state index contributed by atoms with van der Waals surface area (Å²) in [5.74, 6) is -1.14. The molecule has 0 radical (unpaired) electrons. The number of hydrogen-bond acceptors (Lipinski definition) is 2. The van der Waals surface area contributed by atoms with E-state index in [1.165, 1.54) is 0 Å². The maximum atomic E-state index is 10.8. The molecule has 14 heavy (non-hydrogen) atoms. The third-order valence-electron chi connectivity index (χ3n) is 2.68. The minimum atomic E-state index is -0.763. The van der Waals surface area contributed by atoms with Crippen LogP contribution in [0.4, 0.5) is 0 Å². The van der Waals surface area contributed by atoms with E-state index in [4.69, 9.17) is 5.11 Å². The van der Waals surface area contributed by atoms with Crippen LogP contribution < -0.4 is 0 Å². The molecular weight excluding hydrogens is 180 g/mol. The molecule has 0 aliphatic rings. The van der Waals surface area contributed by atoms with Gasteiger partial charge >= 0.3 is 5.97 Å². The van der Waals surface area contributed by atoms with Gasteiger partial charge in [0, 0.05) is 13.2 Å². The van der Waals surface area contributed by atoms with Crippen molar-refractivity contribution in [3.8, 4) is 0 Å². The summed E-state index contributed by atoms with van der Waals surface area (Å²) in [6.07, 6.45) is 1.89. The summed E-state index contributed by atoms with van der Waals surface area (Å²) >= 11 is 0. The molecule has 0 aliphatic heterocycles. The number of carbonyl (C=O) groups is 1. The van der Waals surface area contributed by atoms with Gasteiger partial charge in [-0.25, -0.2) is 0 Å². The SMILES string of the molecule is Cc1nn(C)cc1C(C)C(C)C(=O)O. The average Bonchev–Trinajstić information content (AvgIpc) is 2.42. The average molecular weight is 196 g/mol. The molecule has 1 N–H and O–H groups in total. The van der Waals surface area contributed by atoms with Crippen molar-refractivity contribution in [1.82, 2.24) is 9.78 Å². The molecule has 2 unspecified atom stereocenters. The Morgan fingerprint density at radius 2 is 2.14 bits per heavy atom. The zero-order valence-corrected chi connectivity index (χ0v) is 8.98. The number of rotatable bonds is 3. The number of carboxylic acids is 1. The summed E-state index contributed by atoms with van der Waals surface area (Å²) in [6.45, 7) is 5.54. The molecule has 0 fully saturated rings. The summed E-state index contributed by atoms with van der Waals surface area (Å²) in [5.41, 5.74) is 1.93. The van der Waals surface area contributed by atoms with E-state index in [-0.39, 0.29) is 11.8 Å². The minimum absolute atomic E-state index is 0.00111. The molecule has 0 aromatic carbocycles. The van der Waals surface area contributed by atoms with Crippen LogP contribution in [-0.2, 0) is 11.8 Å². The fourth-order valence-corrected chi connectivity index (χ4v) is 1.55. The minimum Gasteiger partial charge on any atom is -0.481 e. The van der Waals surface area contributed by atoms with Gasteiger partial charge in [-0.15, -0.1) is 0 Å². The lowest BCUT2D eigenvalue weighted by atomic mass is 9.89. The Morgan fingerprint density at radius 3 is 2.50 bits per heavy atom. The van der Waals surface area contributed by atoms with Gasteiger partial charge in [0.1, 0.15) is 0 Å². The maximum Gasteiger partial charge on any atom is 0.306 e. The van der Waals surface area contributed by atoms with Gasteiger partial charge in [-0.05, 0) is 18.4 Å². The number of aromatic nitrogens is 2. The first-order valence-electron chi connectivity index (χ1n) is 4.66. The van der Waals surface area contributed by atoms with Crippen molar-refractivity contribution in [3.05, 3.63) is 17.5 Å². The smallest absolute Gasteiger partial charge is 0.306 e. The standard InChI is InChI=1S/C10H16N2O2/c1-6(7(2)10(13)14)9-5-12(4)11-8(9)3/h5-7H,1-4H3,(H,13,14). The second-order valence-corrected chi connectivity index (χ2v) is 3.76. The molecule has 0 saturated carbocycles. The monoisotopic (exact) mass is 196 g/mol. The topological polar surface area (TPSA) is 55.1 Å². The van der Waals surface area contributed by atoms with Crippen molar-refractivity contribution < 1.29 is 9.90 Å². The first-order chi connectivity index (χ1) is 6.43. The van der Waals surface area contributed by atoms with Crippen molar-refractivity contribution in [2.45, 2.75) is 26.7 Å². The molecule has 1 aromatic heterocycles. The highest BCUT2D eigenvalue weighted by Gasteiger charge is 2.23. The summed E-state index contributed by atoms with van der Waals surface area (Å²) in [4.78, 5) is 10.8. The third kappa shape index (κ3) is 1.95. The Hall–Kier alpha value is -1.32. The van der Waals surface area contributed by atoms with Crippen LogP contribution in [0.25, 0.3) is 0 Å². The molecule has 4 nitrogen and oxygen atoms in total. The number of aryl methyl sites for hydroxylation is 2. The van der Waals surface area contributed by atoms with Crippen molar-refractivity contribution in [1.29, 1.82) is 0 Å². The second kappa shape index (κ2) is 3.82. The fraction of sp³-hybridized carbons (Fsp3) is 0.600. The molecule has 1 rings (SSSR count). The number of carboxylic acid groups (broad SMARTS) is 1. The summed E-state index contributed by atoms with van der Waals surface area (Å²) in [7, 11) is 1.84. The molecule has 0 saturated heterocycles. The second-order valence-electron chi connectivity index (χ2n) is 3.76. The van der Waals surface area contributed by atoms with Crippen LogP contribution in [0.2, 0.25) is 0 Å². The lowest BCUT2D eigenvalue weighted by Gasteiger charge is -2.14. The van der Waals surface area contributed by atoms with E-state index in [0.717, 1.165) is 11.3 Å². The predicted molar refractivity (Wildman–Crippen MR) is 53.2 cm³/mol. The van der Waals surface area contributed by atoms with Gasteiger partial charge in [0.2, 0.25) is 0 Å². The van der Waals surface area contributed by atoms with E-state index in [1.807, 2.05) is 27.1 Å². The number of aliphatic carboxylic acids is 1. The van der Waals surface area contributed by atoms with Crippen LogP contribution in [0.3, 0.4) is 0 Å². The molecular formula is C10H16N2O2. The highest BCUT2D eigenvalue weighted by molar-refractivity contribution is 5.70. The van der Waals surface area contributed by atoms with Crippen LogP contribution in [0.1, 0.15) is 31.0 Å².